The van der Waals surface area contributed by atoms with Gasteiger partial charge in [-0.1, -0.05) is 36.2 Å². The molecule has 1 atom stereocenters. The molecule has 0 amide bonds. The average molecular weight is 310 g/mol. The maximum absolute atomic E-state index is 6.45. The second-order valence-electron chi connectivity index (χ2n) is 4.83. The lowest BCUT2D eigenvalue weighted by atomic mass is 10.0. The fraction of sp³-hybridized carbons (Fsp3) is 0.375. The van der Waals surface area contributed by atoms with Crippen LogP contribution in [0.4, 0.5) is 0 Å². The van der Waals surface area contributed by atoms with Crippen molar-refractivity contribution in [2.45, 2.75) is 26.8 Å². The number of halogens is 1. The van der Waals surface area contributed by atoms with Gasteiger partial charge in [0, 0.05) is 10.4 Å². The summed E-state index contributed by atoms with van der Waals surface area (Å²) in [6, 6.07) is 6.31. The van der Waals surface area contributed by atoms with E-state index in [2.05, 4.69) is 36.7 Å². The van der Waals surface area contributed by atoms with Crippen molar-refractivity contribution in [2.24, 2.45) is 0 Å². The molecule has 108 valence electrons. The number of benzene rings is 1. The molecule has 0 aliphatic heterocycles. The number of hydrogen-bond acceptors (Lipinski definition) is 3. The molecule has 0 bridgehead atoms. The predicted molar refractivity (Wildman–Crippen MR) is 87.3 cm³/mol. The molecular weight excluding hydrogens is 290 g/mol. The largest absolute Gasteiger partial charge is 0.496 e. The van der Waals surface area contributed by atoms with Crippen molar-refractivity contribution in [3.05, 3.63) is 50.2 Å². The van der Waals surface area contributed by atoms with Crippen LogP contribution in [0.2, 0.25) is 5.02 Å². The SMILES string of the molecule is CCNC(c1cc(C)ccc1OC)c1scc(C)c1Cl. The van der Waals surface area contributed by atoms with Gasteiger partial charge in [0.15, 0.2) is 0 Å². The molecule has 2 rings (SSSR count). The molecule has 0 radical (unpaired) electrons. The fourth-order valence-electron chi connectivity index (χ4n) is 2.27. The monoisotopic (exact) mass is 309 g/mol. The summed E-state index contributed by atoms with van der Waals surface area (Å²) in [5.41, 5.74) is 3.48. The van der Waals surface area contributed by atoms with Gasteiger partial charge < -0.3 is 10.1 Å². The Balaban J connectivity index is 2.53. The Bertz CT molecular complexity index is 594. The van der Waals surface area contributed by atoms with Crippen LogP contribution in [0.3, 0.4) is 0 Å². The van der Waals surface area contributed by atoms with E-state index in [1.807, 2.05) is 13.0 Å². The van der Waals surface area contributed by atoms with E-state index in [1.165, 1.54) is 5.56 Å². The van der Waals surface area contributed by atoms with E-state index in [4.69, 9.17) is 16.3 Å². The zero-order valence-corrected chi connectivity index (χ0v) is 13.9. The first-order valence-electron chi connectivity index (χ1n) is 6.69. The highest BCUT2D eigenvalue weighted by molar-refractivity contribution is 7.10. The van der Waals surface area contributed by atoms with Crippen LogP contribution in [0.5, 0.6) is 5.75 Å². The van der Waals surface area contributed by atoms with E-state index in [1.54, 1.807) is 18.4 Å². The highest BCUT2D eigenvalue weighted by atomic mass is 35.5. The summed E-state index contributed by atoms with van der Waals surface area (Å²) in [5.74, 6) is 0.892. The molecule has 4 heteroatoms. The van der Waals surface area contributed by atoms with Crippen molar-refractivity contribution in [1.82, 2.24) is 5.32 Å². The van der Waals surface area contributed by atoms with Crippen LogP contribution < -0.4 is 10.1 Å². The Labute approximate surface area is 129 Å². The number of aryl methyl sites for hydroxylation is 2. The van der Waals surface area contributed by atoms with E-state index >= 15 is 0 Å². The van der Waals surface area contributed by atoms with Gasteiger partial charge in [0.05, 0.1) is 18.2 Å². The number of thiophene rings is 1. The van der Waals surface area contributed by atoms with Crippen LogP contribution in [-0.2, 0) is 0 Å². The van der Waals surface area contributed by atoms with Gasteiger partial charge in [-0.25, -0.2) is 0 Å². The summed E-state index contributed by atoms with van der Waals surface area (Å²) in [4.78, 5) is 1.15. The molecule has 1 N–H and O–H groups in total. The van der Waals surface area contributed by atoms with Crippen molar-refractivity contribution < 1.29 is 4.74 Å². The summed E-state index contributed by atoms with van der Waals surface area (Å²) >= 11 is 8.15. The van der Waals surface area contributed by atoms with Gasteiger partial charge in [0.2, 0.25) is 0 Å². The van der Waals surface area contributed by atoms with Crippen LogP contribution in [0.15, 0.2) is 23.6 Å². The predicted octanol–water partition coefficient (Wildman–Crippen LogP) is 4.73. The summed E-state index contributed by atoms with van der Waals surface area (Å²) in [7, 11) is 1.71. The summed E-state index contributed by atoms with van der Waals surface area (Å²) in [5, 5.41) is 6.47. The van der Waals surface area contributed by atoms with Gasteiger partial charge in [-0.2, -0.15) is 0 Å². The second kappa shape index (κ2) is 6.61. The van der Waals surface area contributed by atoms with E-state index in [0.717, 1.165) is 33.3 Å². The molecule has 0 aliphatic carbocycles. The van der Waals surface area contributed by atoms with Crippen LogP contribution in [0.25, 0.3) is 0 Å². The first-order valence-corrected chi connectivity index (χ1v) is 7.95. The molecule has 0 aliphatic rings. The first-order chi connectivity index (χ1) is 9.58. The second-order valence-corrected chi connectivity index (χ2v) is 6.12. The van der Waals surface area contributed by atoms with Crippen molar-refractivity contribution in [3.8, 4) is 5.75 Å². The number of ether oxygens (including phenoxy) is 1. The Kier molecular flexibility index (Phi) is 5.08. The summed E-state index contributed by atoms with van der Waals surface area (Å²) in [6.07, 6.45) is 0. The molecule has 2 aromatic rings. The quantitative estimate of drug-likeness (QED) is 0.862. The molecule has 0 saturated heterocycles. The van der Waals surface area contributed by atoms with Gasteiger partial charge in [0.25, 0.3) is 0 Å². The topological polar surface area (TPSA) is 21.3 Å². The zero-order valence-electron chi connectivity index (χ0n) is 12.3. The maximum Gasteiger partial charge on any atom is 0.124 e. The van der Waals surface area contributed by atoms with Gasteiger partial charge in [-0.3, -0.25) is 0 Å². The Morgan fingerprint density at radius 2 is 2.10 bits per heavy atom. The fourth-order valence-corrected chi connectivity index (χ4v) is 3.67. The van der Waals surface area contributed by atoms with Crippen molar-refractivity contribution in [1.29, 1.82) is 0 Å². The van der Waals surface area contributed by atoms with Crippen LogP contribution >= 0.6 is 22.9 Å². The third-order valence-corrected chi connectivity index (χ3v) is 5.07. The number of nitrogens with one attached hydrogen (secondary N) is 1. The Morgan fingerprint density at radius 3 is 2.65 bits per heavy atom. The van der Waals surface area contributed by atoms with Gasteiger partial charge >= 0.3 is 0 Å². The Hall–Kier alpha value is -1.03. The molecule has 2 nitrogen and oxygen atoms in total. The Morgan fingerprint density at radius 1 is 1.35 bits per heavy atom. The number of rotatable bonds is 5. The van der Waals surface area contributed by atoms with Gasteiger partial charge in [-0.15, -0.1) is 11.3 Å². The highest BCUT2D eigenvalue weighted by Crippen LogP contribution is 2.39. The molecular formula is C16H20ClNOS. The van der Waals surface area contributed by atoms with Gasteiger partial charge in [0.1, 0.15) is 5.75 Å². The van der Waals surface area contributed by atoms with Crippen molar-refractivity contribution in [2.75, 3.05) is 13.7 Å². The van der Waals surface area contributed by atoms with E-state index < -0.39 is 0 Å². The third kappa shape index (κ3) is 3.00. The molecule has 20 heavy (non-hydrogen) atoms. The summed E-state index contributed by atoms with van der Waals surface area (Å²) in [6.45, 7) is 7.10. The smallest absolute Gasteiger partial charge is 0.124 e. The number of hydrogen-bond donors (Lipinski definition) is 1. The minimum Gasteiger partial charge on any atom is -0.496 e. The van der Waals surface area contributed by atoms with E-state index in [-0.39, 0.29) is 6.04 Å². The van der Waals surface area contributed by atoms with Crippen LogP contribution in [-0.4, -0.2) is 13.7 Å². The van der Waals surface area contributed by atoms with Crippen molar-refractivity contribution >= 4 is 22.9 Å². The average Bonchev–Trinajstić information content (AvgIpc) is 2.76. The lowest BCUT2D eigenvalue weighted by Gasteiger charge is -2.21. The summed E-state index contributed by atoms with van der Waals surface area (Å²) < 4.78 is 5.52. The van der Waals surface area contributed by atoms with Crippen LogP contribution in [0.1, 0.15) is 34.5 Å². The van der Waals surface area contributed by atoms with Crippen molar-refractivity contribution in [3.63, 3.8) is 0 Å². The first kappa shape index (κ1) is 15.4. The molecule has 1 aromatic heterocycles. The molecule has 1 unspecified atom stereocenters. The normalized spacial score (nSPS) is 12.4. The lowest BCUT2D eigenvalue weighted by molar-refractivity contribution is 0.404. The van der Waals surface area contributed by atoms with E-state index in [0.29, 0.717) is 0 Å². The zero-order chi connectivity index (χ0) is 14.7. The minimum atomic E-state index is 0.0704. The number of methoxy groups -OCH3 is 1. The molecule has 1 aromatic carbocycles. The standard InChI is InChI=1S/C16H20ClNOS/c1-5-18-15(16-14(17)11(3)9-20-16)12-8-10(2)6-7-13(12)19-4/h6-9,15,18H,5H2,1-4H3. The van der Waals surface area contributed by atoms with E-state index in [9.17, 15) is 0 Å². The molecule has 0 fully saturated rings. The molecule has 1 heterocycles. The maximum atomic E-state index is 6.45. The molecule has 0 spiro atoms. The van der Waals surface area contributed by atoms with Gasteiger partial charge in [-0.05, 0) is 37.4 Å². The minimum absolute atomic E-state index is 0.0704. The molecule has 0 saturated carbocycles. The highest BCUT2D eigenvalue weighted by Gasteiger charge is 2.22. The van der Waals surface area contributed by atoms with Crippen LogP contribution in [0, 0.1) is 13.8 Å². The lowest BCUT2D eigenvalue weighted by Crippen LogP contribution is -2.22. The third-order valence-electron chi connectivity index (χ3n) is 3.29.